The summed E-state index contributed by atoms with van der Waals surface area (Å²) in [5, 5.41) is 3.24. The summed E-state index contributed by atoms with van der Waals surface area (Å²) in [4.78, 5) is 30.5. The minimum Gasteiger partial charge on any atom is -0.495 e. The molecule has 1 saturated carbocycles. The minimum atomic E-state index is -4.23. The molecule has 246 valence electrons. The highest BCUT2D eigenvalue weighted by atomic mass is 32.2. The molecule has 1 atom stereocenters. The molecule has 0 bridgehead atoms. The van der Waals surface area contributed by atoms with E-state index in [1.165, 1.54) is 24.1 Å². The smallest absolute Gasteiger partial charge is 0.264 e. The van der Waals surface area contributed by atoms with Crippen LogP contribution in [0.2, 0.25) is 0 Å². The van der Waals surface area contributed by atoms with Gasteiger partial charge in [0.25, 0.3) is 10.0 Å². The summed E-state index contributed by atoms with van der Waals surface area (Å²) in [6.45, 7) is 1.47. The summed E-state index contributed by atoms with van der Waals surface area (Å²) in [5.74, 6) is -0.438. The lowest BCUT2D eigenvalue weighted by molar-refractivity contribution is -0.140. The Morgan fingerprint density at radius 1 is 0.809 bits per heavy atom. The lowest BCUT2D eigenvalue weighted by Crippen LogP contribution is -2.55. The monoisotopic (exact) mass is 653 g/mol. The fourth-order valence-electron chi connectivity index (χ4n) is 6.06. The Kier molecular flexibility index (Phi) is 11.3. The number of hydrogen-bond donors (Lipinski definition) is 1. The third-order valence-electron chi connectivity index (χ3n) is 8.66. The molecule has 9 heteroatoms. The lowest BCUT2D eigenvalue weighted by atomic mass is 9.94. The first-order chi connectivity index (χ1) is 22.8. The Labute approximate surface area is 278 Å². The molecule has 8 nitrogen and oxygen atoms in total. The molecule has 0 aliphatic heterocycles. The number of rotatable bonds is 13. The number of anilines is 1. The number of methoxy groups -OCH3 is 1. The fraction of sp³-hybridized carbons (Fsp3) is 0.316. The van der Waals surface area contributed by atoms with Gasteiger partial charge in [0, 0.05) is 19.0 Å². The number of benzene rings is 4. The molecule has 1 fully saturated rings. The van der Waals surface area contributed by atoms with Gasteiger partial charge in [0.1, 0.15) is 18.3 Å². The molecule has 0 unspecified atom stereocenters. The number of nitrogens with zero attached hydrogens (tertiary/aromatic N) is 2. The quantitative estimate of drug-likeness (QED) is 0.183. The Morgan fingerprint density at radius 2 is 1.40 bits per heavy atom. The van der Waals surface area contributed by atoms with E-state index in [1.807, 2.05) is 67.6 Å². The first-order valence-corrected chi connectivity index (χ1v) is 17.6. The number of aryl methyl sites for hydroxylation is 1. The number of amides is 2. The summed E-state index contributed by atoms with van der Waals surface area (Å²) < 4.78 is 35.3. The maximum Gasteiger partial charge on any atom is 0.264 e. The molecular formula is C38H43N3O5S. The number of hydrogen-bond acceptors (Lipinski definition) is 5. The van der Waals surface area contributed by atoms with Crippen molar-refractivity contribution in [1.82, 2.24) is 10.2 Å². The Morgan fingerprint density at radius 3 is 2.04 bits per heavy atom. The molecule has 0 heterocycles. The summed E-state index contributed by atoms with van der Waals surface area (Å²) in [5.41, 5.74) is 2.87. The highest BCUT2D eigenvalue weighted by molar-refractivity contribution is 7.92. The third kappa shape index (κ3) is 8.60. The van der Waals surface area contributed by atoms with Crippen molar-refractivity contribution >= 4 is 27.5 Å². The van der Waals surface area contributed by atoms with Crippen LogP contribution in [-0.2, 0) is 32.6 Å². The van der Waals surface area contributed by atoms with E-state index in [0.717, 1.165) is 53.1 Å². The predicted octanol–water partition coefficient (Wildman–Crippen LogP) is 6.29. The van der Waals surface area contributed by atoms with E-state index < -0.39 is 28.5 Å². The zero-order valence-corrected chi connectivity index (χ0v) is 27.9. The zero-order chi connectivity index (χ0) is 33.2. The molecule has 1 N–H and O–H groups in total. The van der Waals surface area contributed by atoms with Gasteiger partial charge in [0.15, 0.2) is 0 Å². The first-order valence-electron chi connectivity index (χ1n) is 16.2. The van der Waals surface area contributed by atoms with E-state index in [2.05, 4.69) is 5.32 Å². The van der Waals surface area contributed by atoms with Crippen LogP contribution in [0.1, 0.15) is 48.8 Å². The van der Waals surface area contributed by atoms with E-state index in [4.69, 9.17) is 4.74 Å². The van der Waals surface area contributed by atoms with Crippen molar-refractivity contribution < 1.29 is 22.7 Å². The van der Waals surface area contributed by atoms with Crippen LogP contribution >= 0.6 is 0 Å². The van der Waals surface area contributed by atoms with Gasteiger partial charge in [-0.25, -0.2) is 8.42 Å². The molecular weight excluding hydrogens is 611 g/mol. The summed E-state index contributed by atoms with van der Waals surface area (Å²) in [6, 6.07) is 31.5. The van der Waals surface area contributed by atoms with Crippen molar-refractivity contribution in [2.24, 2.45) is 0 Å². The second kappa shape index (κ2) is 15.8. The number of nitrogens with one attached hydrogen (secondary N) is 1. The van der Waals surface area contributed by atoms with Gasteiger partial charge in [-0.05, 0) is 55.2 Å². The number of carbonyl (C=O) groups excluding carboxylic acids is 2. The van der Waals surface area contributed by atoms with Gasteiger partial charge in [-0.3, -0.25) is 13.9 Å². The van der Waals surface area contributed by atoms with Crippen molar-refractivity contribution in [3.05, 3.63) is 126 Å². The van der Waals surface area contributed by atoms with Crippen LogP contribution in [0, 0.1) is 6.92 Å². The van der Waals surface area contributed by atoms with Crippen LogP contribution in [0.5, 0.6) is 5.75 Å². The van der Waals surface area contributed by atoms with E-state index in [1.54, 1.807) is 36.4 Å². The van der Waals surface area contributed by atoms with Crippen LogP contribution in [0.4, 0.5) is 5.69 Å². The Hall–Kier alpha value is -4.63. The summed E-state index contributed by atoms with van der Waals surface area (Å²) >= 11 is 0. The summed E-state index contributed by atoms with van der Waals surface area (Å²) in [6.07, 6.45) is 5.31. The van der Waals surface area contributed by atoms with Crippen molar-refractivity contribution in [2.45, 2.75) is 69.0 Å². The number of para-hydroxylation sites is 2. The highest BCUT2D eigenvalue weighted by Crippen LogP contribution is 2.33. The first kappa shape index (κ1) is 33.7. The number of ether oxygens (including phenoxy) is 1. The van der Waals surface area contributed by atoms with Gasteiger partial charge in [-0.15, -0.1) is 0 Å². The SMILES string of the molecule is COc1ccccc1N(CC(=O)N(Cc1ccccc1)[C@@H](Cc1ccccc1)C(=O)NC1CCCCC1)S(=O)(=O)c1ccc(C)cc1. The molecule has 0 aromatic heterocycles. The van der Waals surface area contributed by atoms with Crippen molar-refractivity contribution in [3.63, 3.8) is 0 Å². The van der Waals surface area contributed by atoms with Gasteiger partial charge >= 0.3 is 0 Å². The Balaban J connectivity index is 1.57. The molecule has 47 heavy (non-hydrogen) atoms. The topological polar surface area (TPSA) is 96.0 Å². The average molecular weight is 654 g/mol. The third-order valence-corrected chi connectivity index (χ3v) is 10.4. The van der Waals surface area contributed by atoms with Gasteiger partial charge in [-0.2, -0.15) is 0 Å². The zero-order valence-electron chi connectivity index (χ0n) is 27.0. The van der Waals surface area contributed by atoms with Crippen LogP contribution in [0.3, 0.4) is 0 Å². The molecule has 1 aliphatic rings. The molecule has 4 aromatic rings. The van der Waals surface area contributed by atoms with E-state index in [9.17, 15) is 18.0 Å². The molecule has 0 spiro atoms. The molecule has 0 saturated heterocycles. The summed E-state index contributed by atoms with van der Waals surface area (Å²) in [7, 11) is -2.76. The fourth-order valence-corrected chi connectivity index (χ4v) is 7.49. The predicted molar refractivity (Wildman–Crippen MR) is 185 cm³/mol. The van der Waals surface area contributed by atoms with E-state index in [0.29, 0.717) is 5.75 Å². The van der Waals surface area contributed by atoms with Gasteiger partial charge in [0.2, 0.25) is 11.8 Å². The molecule has 5 rings (SSSR count). The van der Waals surface area contributed by atoms with Crippen molar-refractivity contribution in [1.29, 1.82) is 0 Å². The normalized spacial score (nSPS) is 14.2. The van der Waals surface area contributed by atoms with Crippen LogP contribution in [0.15, 0.2) is 114 Å². The van der Waals surface area contributed by atoms with E-state index >= 15 is 0 Å². The standard InChI is InChI=1S/C38H43N3O5S/c1-29-22-24-33(25-23-29)47(44,45)41(34-20-12-13-21-36(34)46-2)28-37(42)40(27-31-16-8-4-9-17-31)35(26-30-14-6-3-7-15-30)38(43)39-32-18-10-5-11-19-32/h3-4,6-9,12-17,20-25,32,35H,5,10-11,18-19,26-28H2,1-2H3,(H,39,43)/t35-/m0/s1. The van der Waals surface area contributed by atoms with Crippen LogP contribution < -0.4 is 14.4 Å². The van der Waals surface area contributed by atoms with Crippen molar-refractivity contribution in [2.75, 3.05) is 18.0 Å². The van der Waals surface area contributed by atoms with E-state index in [-0.39, 0.29) is 35.5 Å². The maximum atomic E-state index is 14.7. The number of carbonyl (C=O) groups is 2. The molecule has 2 amide bonds. The molecule has 4 aromatic carbocycles. The van der Waals surface area contributed by atoms with Gasteiger partial charge in [0.05, 0.1) is 17.7 Å². The average Bonchev–Trinajstić information content (AvgIpc) is 3.10. The maximum absolute atomic E-state index is 14.7. The highest BCUT2D eigenvalue weighted by Gasteiger charge is 2.36. The minimum absolute atomic E-state index is 0.0372. The van der Waals surface area contributed by atoms with Gasteiger partial charge in [-0.1, -0.05) is 110 Å². The van der Waals surface area contributed by atoms with Gasteiger partial charge < -0.3 is 15.0 Å². The lowest BCUT2D eigenvalue weighted by Gasteiger charge is -2.35. The molecule has 1 aliphatic carbocycles. The number of sulfonamides is 1. The van der Waals surface area contributed by atoms with Crippen molar-refractivity contribution in [3.8, 4) is 5.75 Å². The van der Waals surface area contributed by atoms with Crippen LogP contribution in [-0.4, -0.2) is 50.9 Å². The second-order valence-corrected chi connectivity index (χ2v) is 13.9. The largest absolute Gasteiger partial charge is 0.495 e. The Bertz CT molecular complexity index is 1720. The van der Waals surface area contributed by atoms with Crippen LogP contribution in [0.25, 0.3) is 0 Å². The second-order valence-electron chi connectivity index (χ2n) is 12.1. The molecule has 0 radical (unpaired) electrons.